The van der Waals surface area contributed by atoms with Gasteiger partial charge in [0.05, 0.1) is 18.4 Å². The van der Waals surface area contributed by atoms with Gasteiger partial charge in [0, 0.05) is 17.8 Å². The third kappa shape index (κ3) is 2.77. The smallest absolute Gasteiger partial charge is 0.337 e. The van der Waals surface area contributed by atoms with Gasteiger partial charge in [0.2, 0.25) is 0 Å². The van der Waals surface area contributed by atoms with Crippen molar-refractivity contribution in [3.05, 3.63) is 70.2 Å². The normalized spacial score (nSPS) is 15.2. The van der Waals surface area contributed by atoms with Crippen molar-refractivity contribution in [3.63, 3.8) is 0 Å². The van der Waals surface area contributed by atoms with Gasteiger partial charge in [0.25, 0.3) is 5.56 Å². The molecular weight excluding hydrogens is 294 g/mol. The highest BCUT2D eigenvalue weighted by molar-refractivity contribution is 5.91. The summed E-state index contributed by atoms with van der Waals surface area (Å²) in [5, 5.41) is 0. The number of fused-ring (bicyclic) bond motifs is 1. The number of hydrogen-bond acceptors (Lipinski definition) is 4. The second-order valence-electron chi connectivity index (χ2n) is 5.85. The molecule has 0 unspecified atom stereocenters. The molecule has 0 fully saturated rings. The van der Waals surface area contributed by atoms with E-state index in [2.05, 4.69) is 0 Å². The van der Waals surface area contributed by atoms with Crippen LogP contribution in [0.25, 0.3) is 5.70 Å². The topological polar surface area (TPSA) is 57.5 Å². The van der Waals surface area contributed by atoms with E-state index in [0.29, 0.717) is 22.6 Å². The number of carbonyl (C=O) groups is 1. The third-order valence-electron chi connectivity index (χ3n) is 3.62. The molecule has 5 nitrogen and oxygen atoms in total. The van der Waals surface area contributed by atoms with E-state index in [-0.39, 0.29) is 5.56 Å². The van der Waals surface area contributed by atoms with E-state index in [1.54, 1.807) is 41.1 Å². The largest absolute Gasteiger partial charge is 0.483 e. The van der Waals surface area contributed by atoms with Crippen molar-refractivity contribution in [2.75, 3.05) is 7.11 Å². The highest BCUT2D eigenvalue weighted by Crippen LogP contribution is 2.36. The van der Waals surface area contributed by atoms with Crippen LogP contribution in [0, 0.1) is 0 Å². The van der Waals surface area contributed by atoms with Gasteiger partial charge < -0.3 is 9.47 Å². The Balaban J connectivity index is 2.23. The fourth-order valence-electron chi connectivity index (χ4n) is 2.61. The molecule has 0 spiro atoms. The molecule has 5 heteroatoms. The minimum atomic E-state index is -0.565. The molecule has 1 aromatic heterocycles. The summed E-state index contributed by atoms with van der Waals surface area (Å²) in [4.78, 5) is 24.0. The maximum absolute atomic E-state index is 12.2. The average Bonchev–Trinajstić information content (AvgIpc) is 2.52. The predicted molar refractivity (Wildman–Crippen MR) is 86.6 cm³/mol. The van der Waals surface area contributed by atoms with Crippen molar-refractivity contribution in [1.82, 2.24) is 4.57 Å². The molecule has 1 aliphatic heterocycles. The Labute approximate surface area is 133 Å². The van der Waals surface area contributed by atoms with Crippen LogP contribution in [-0.2, 0) is 4.74 Å². The van der Waals surface area contributed by atoms with Crippen LogP contribution < -0.4 is 10.3 Å². The third-order valence-corrected chi connectivity index (χ3v) is 3.62. The molecule has 118 valence electrons. The Kier molecular flexibility index (Phi) is 3.56. The Morgan fingerprint density at radius 3 is 2.70 bits per heavy atom. The molecule has 0 saturated heterocycles. The summed E-state index contributed by atoms with van der Waals surface area (Å²) in [6.45, 7) is 3.83. The average molecular weight is 311 g/mol. The molecule has 0 bridgehead atoms. The van der Waals surface area contributed by atoms with Crippen molar-refractivity contribution in [1.29, 1.82) is 0 Å². The van der Waals surface area contributed by atoms with Gasteiger partial charge in [-0.05, 0) is 44.2 Å². The number of carbonyl (C=O) groups excluding carboxylic acids is 1. The lowest BCUT2D eigenvalue weighted by molar-refractivity contribution is 0.0600. The van der Waals surface area contributed by atoms with Crippen LogP contribution in [0.4, 0.5) is 0 Å². The second-order valence-corrected chi connectivity index (χ2v) is 5.85. The molecule has 0 aliphatic carbocycles. The Morgan fingerprint density at radius 2 is 2.00 bits per heavy atom. The molecule has 2 aromatic rings. The van der Waals surface area contributed by atoms with Gasteiger partial charge in [0.1, 0.15) is 11.4 Å². The SMILES string of the molecule is COC(=O)c1ccc2c(c1)C(n1ccccc1=O)=CC(C)(C)O2. The number of aromatic nitrogens is 1. The number of methoxy groups -OCH3 is 1. The van der Waals surface area contributed by atoms with Gasteiger partial charge >= 0.3 is 5.97 Å². The molecule has 1 aliphatic rings. The summed E-state index contributed by atoms with van der Waals surface area (Å²) in [6.07, 6.45) is 3.57. The molecule has 1 aromatic carbocycles. The number of pyridine rings is 1. The zero-order valence-corrected chi connectivity index (χ0v) is 13.2. The van der Waals surface area contributed by atoms with E-state index in [0.717, 1.165) is 0 Å². The molecule has 0 saturated carbocycles. The molecule has 3 rings (SSSR count). The number of benzene rings is 1. The number of ether oxygens (including phenoxy) is 2. The van der Waals surface area contributed by atoms with E-state index < -0.39 is 11.6 Å². The number of hydrogen-bond donors (Lipinski definition) is 0. The Hall–Kier alpha value is -2.82. The van der Waals surface area contributed by atoms with Gasteiger partial charge in [-0.25, -0.2) is 4.79 Å². The molecule has 0 radical (unpaired) electrons. The minimum absolute atomic E-state index is 0.147. The quantitative estimate of drug-likeness (QED) is 0.800. The number of nitrogens with zero attached hydrogens (tertiary/aromatic N) is 1. The van der Waals surface area contributed by atoms with Gasteiger partial charge in [-0.2, -0.15) is 0 Å². The van der Waals surface area contributed by atoms with Crippen LogP contribution in [0.3, 0.4) is 0 Å². The summed E-state index contributed by atoms with van der Waals surface area (Å²) in [5.74, 6) is 0.188. The highest BCUT2D eigenvalue weighted by atomic mass is 16.5. The van der Waals surface area contributed by atoms with Gasteiger partial charge in [-0.1, -0.05) is 6.07 Å². The van der Waals surface area contributed by atoms with Gasteiger partial charge in [-0.3, -0.25) is 9.36 Å². The van der Waals surface area contributed by atoms with E-state index in [4.69, 9.17) is 9.47 Å². The summed E-state index contributed by atoms with van der Waals surface area (Å²) in [7, 11) is 1.33. The fraction of sp³-hybridized carbons (Fsp3) is 0.222. The summed E-state index contributed by atoms with van der Waals surface area (Å²) >= 11 is 0. The van der Waals surface area contributed by atoms with Crippen LogP contribution in [0.5, 0.6) is 5.75 Å². The first-order chi connectivity index (χ1) is 10.9. The lowest BCUT2D eigenvalue weighted by Gasteiger charge is -2.31. The van der Waals surface area contributed by atoms with Crippen molar-refractivity contribution < 1.29 is 14.3 Å². The molecule has 23 heavy (non-hydrogen) atoms. The van der Waals surface area contributed by atoms with Crippen molar-refractivity contribution in [3.8, 4) is 5.75 Å². The van der Waals surface area contributed by atoms with E-state index in [1.807, 2.05) is 19.9 Å². The van der Waals surface area contributed by atoms with Gasteiger partial charge in [-0.15, -0.1) is 0 Å². The molecule has 2 heterocycles. The van der Waals surface area contributed by atoms with Crippen LogP contribution in [0.1, 0.15) is 29.8 Å². The first kappa shape index (κ1) is 15.1. The van der Waals surface area contributed by atoms with Crippen LogP contribution in [0.15, 0.2) is 53.5 Å². The molecule has 0 atom stereocenters. The monoisotopic (exact) mass is 311 g/mol. The van der Waals surface area contributed by atoms with Crippen molar-refractivity contribution in [2.45, 2.75) is 19.4 Å². The zero-order chi connectivity index (χ0) is 16.6. The molecular formula is C18H17NO4. The molecule has 0 amide bonds. The van der Waals surface area contributed by atoms with Crippen LogP contribution >= 0.6 is 0 Å². The van der Waals surface area contributed by atoms with Gasteiger partial charge in [0.15, 0.2) is 0 Å². The first-order valence-electron chi connectivity index (χ1n) is 7.24. The van der Waals surface area contributed by atoms with Crippen LogP contribution in [0.2, 0.25) is 0 Å². The maximum Gasteiger partial charge on any atom is 0.337 e. The Morgan fingerprint density at radius 1 is 1.22 bits per heavy atom. The second kappa shape index (κ2) is 5.43. The summed E-state index contributed by atoms with van der Waals surface area (Å²) in [6, 6.07) is 10.0. The predicted octanol–water partition coefficient (Wildman–Crippen LogP) is 2.70. The van der Waals surface area contributed by atoms with E-state index in [9.17, 15) is 9.59 Å². The van der Waals surface area contributed by atoms with Crippen molar-refractivity contribution in [2.24, 2.45) is 0 Å². The van der Waals surface area contributed by atoms with E-state index in [1.165, 1.54) is 13.2 Å². The van der Waals surface area contributed by atoms with E-state index >= 15 is 0 Å². The van der Waals surface area contributed by atoms with Crippen molar-refractivity contribution >= 4 is 11.7 Å². The standard InChI is InChI=1S/C18H17NO4/c1-18(2)11-14(19-9-5-4-6-16(19)20)13-10-12(17(21)22-3)7-8-15(13)23-18/h4-11H,1-3H3. The summed E-state index contributed by atoms with van der Waals surface area (Å²) < 4.78 is 12.2. The lowest BCUT2D eigenvalue weighted by Crippen LogP contribution is -2.32. The highest BCUT2D eigenvalue weighted by Gasteiger charge is 2.28. The first-order valence-corrected chi connectivity index (χ1v) is 7.24. The Bertz CT molecular complexity index is 861. The lowest BCUT2D eigenvalue weighted by atomic mass is 9.97. The summed E-state index contributed by atoms with van der Waals surface area (Å²) in [5.41, 5.74) is 1.06. The fourth-order valence-corrected chi connectivity index (χ4v) is 2.61. The maximum atomic E-state index is 12.2. The minimum Gasteiger partial charge on any atom is -0.483 e. The van der Waals surface area contributed by atoms with Crippen LogP contribution in [-0.4, -0.2) is 23.2 Å². The molecule has 0 N–H and O–H groups in total. The number of rotatable bonds is 2. The zero-order valence-electron chi connectivity index (χ0n) is 13.2. The number of esters is 1.